The van der Waals surface area contributed by atoms with E-state index in [0.29, 0.717) is 34.5 Å². The number of hydrogen-bond donors (Lipinski definition) is 1. The van der Waals surface area contributed by atoms with Gasteiger partial charge >= 0.3 is 0 Å². The predicted molar refractivity (Wildman–Crippen MR) is 77.4 cm³/mol. The Morgan fingerprint density at radius 3 is 2.85 bits per heavy atom. The lowest BCUT2D eigenvalue weighted by molar-refractivity contribution is -0.124. The van der Waals surface area contributed by atoms with E-state index in [1.165, 1.54) is 4.31 Å². The Hall–Kier alpha value is -0.630. The molecule has 0 aromatic carbocycles. The molecule has 1 aromatic rings. The smallest absolute Gasteiger partial charge is 0.252 e. The van der Waals surface area contributed by atoms with Crippen LogP contribution in [0.4, 0.5) is 0 Å². The summed E-state index contributed by atoms with van der Waals surface area (Å²) in [6.07, 6.45) is 1.92. The number of carbonyl (C=O) groups is 1. The highest BCUT2D eigenvalue weighted by molar-refractivity contribution is 7.91. The van der Waals surface area contributed by atoms with E-state index < -0.39 is 10.0 Å². The fraction of sp³-hybridized carbons (Fsp3) is 0.583. The molecule has 0 spiro atoms. The number of rotatable bonds is 2. The van der Waals surface area contributed by atoms with Gasteiger partial charge in [-0.3, -0.25) is 4.79 Å². The van der Waals surface area contributed by atoms with E-state index in [1.807, 2.05) is 0 Å². The van der Waals surface area contributed by atoms with Gasteiger partial charge < -0.3 is 5.32 Å². The molecule has 2 aliphatic rings. The van der Waals surface area contributed by atoms with Gasteiger partial charge in [0.05, 0.1) is 4.34 Å². The molecule has 0 radical (unpaired) electrons. The lowest BCUT2D eigenvalue weighted by atomic mass is 9.86. The number of nitrogens with zero attached hydrogens (tertiary/aromatic N) is 1. The summed E-state index contributed by atoms with van der Waals surface area (Å²) in [7, 11) is -3.45. The Morgan fingerprint density at radius 2 is 2.15 bits per heavy atom. The first-order valence-corrected chi connectivity index (χ1v) is 9.15. The van der Waals surface area contributed by atoms with Crippen LogP contribution in [0.2, 0.25) is 4.34 Å². The molecule has 3 rings (SSSR count). The Kier molecular flexibility index (Phi) is 3.79. The highest BCUT2D eigenvalue weighted by Crippen LogP contribution is 2.32. The standard InChI is InChI=1S/C12H15ClN2O3S2/c13-10-2-4-12(19-10)20(17,18)15-6-5-9-8(7-15)1-3-11(16)14-9/h2,4,8-9H,1,3,5-7H2,(H,14,16). The first-order valence-electron chi connectivity index (χ1n) is 6.51. The van der Waals surface area contributed by atoms with Crippen LogP contribution in [0.25, 0.3) is 0 Å². The average molecular weight is 335 g/mol. The van der Waals surface area contributed by atoms with Crippen molar-refractivity contribution in [1.82, 2.24) is 9.62 Å². The maximum atomic E-state index is 12.5. The summed E-state index contributed by atoms with van der Waals surface area (Å²) in [6, 6.07) is 3.28. The number of halogens is 1. The van der Waals surface area contributed by atoms with Crippen LogP contribution in [0, 0.1) is 5.92 Å². The summed E-state index contributed by atoms with van der Waals surface area (Å²) < 4.78 is 27.3. The number of piperidine rings is 2. The lowest BCUT2D eigenvalue weighted by Crippen LogP contribution is -2.54. The number of carbonyl (C=O) groups excluding carboxylic acids is 1. The van der Waals surface area contributed by atoms with Crippen LogP contribution in [-0.4, -0.2) is 37.8 Å². The van der Waals surface area contributed by atoms with Gasteiger partial charge in [-0.05, 0) is 30.9 Å². The predicted octanol–water partition coefficient (Wildman–Crippen LogP) is 1.69. The van der Waals surface area contributed by atoms with Crippen molar-refractivity contribution in [3.63, 3.8) is 0 Å². The summed E-state index contributed by atoms with van der Waals surface area (Å²) >= 11 is 6.90. The summed E-state index contributed by atoms with van der Waals surface area (Å²) in [5.74, 6) is 0.291. The van der Waals surface area contributed by atoms with Gasteiger partial charge in [0.2, 0.25) is 5.91 Å². The Bertz CT molecular complexity index is 628. The Morgan fingerprint density at radius 1 is 1.35 bits per heavy atom. The highest BCUT2D eigenvalue weighted by Gasteiger charge is 2.38. The van der Waals surface area contributed by atoms with E-state index >= 15 is 0 Å². The van der Waals surface area contributed by atoms with E-state index in [1.54, 1.807) is 12.1 Å². The summed E-state index contributed by atoms with van der Waals surface area (Å²) in [5, 5.41) is 2.96. The van der Waals surface area contributed by atoms with Crippen molar-refractivity contribution in [2.24, 2.45) is 5.92 Å². The molecule has 1 aromatic heterocycles. The van der Waals surface area contributed by atoms with Crippen molar-refractivity contribution in [3.05, 3.63) is 16.5 Å². The summed E-state index contributed by atoms with van der Waals surface area (Å²) in [5.41, 5.74) is 0. The molecule has 1 amide bonds. The molecule has 0 aliphatic carbocycles. The zero-order valence-electron chi connectivity index (χ0n) is 10.7. The first-order chi connectivity index (χ1) is 9.46. The average Bonchev–Trinajstić information content (AvgIpc) is 2.85. The molecular weight excluding hydrogens is 320 g/mol. The lowest BCUT2D eigenvalue weighted by Gasteiger charge is -2.40. The third-order valence-electron chi connectivity index (χ3n) is 3.93. The van der Waals surface area contributed by atoms with E-state index in [2.05, 4.69) is 5.32 Å². The van der Waals surface area contributed by atoms with Crippen molar-refractivity contribution < 1.29 is 13.2 Å². The van der Waals surface area contributed by atoms with E-state index in [-0.39, 0.29) is 17.9 Å². The Labute approximate surface area is 127 Å². The molecule has 1 N–H and O–H groups in total. The molecule has 2 fully saturated rings. The SMILES string of the molecule is O=C1CCC2CN(S(=O)(=O)c3ccc(Cl)s3)CCC2N1. The number of sulfonamides is 1. The fourth-order valence-corrected chi connectivity index (χ4v) is 6.01. The number of fused-ring (bicyclic) bond motifs is 1. The van der Waals surface area contributed by atoms with E-state index in [4.69, 9.17) is 11.6 Å². The molecule has 2 aliphatic heterocycles. The second-order valence-electron chi connectivity index (χ2n) is 5.18. The summed E-state index contributed by atoms with van der Waals surface area (Å²) in [6.45, 7) is 0.919. The topological polar surface area (TPSA) is 66.5 Å². The quantitative estimate of drug-likeness (QED) is 0.895. The molecule has 20 heavy (non-hydrogen) atoms. The zero-order chi connectivity index (χ0) is 14.3. The number of nitrogens with one attached hydrogen (secondary N) is 1. The van der Waals surface area contributed by atoms with Crippen molar-refractivity contribution in [2.45, 2.75) is 29.5 Å². The highest BCUT2D eigenvalue weighted by atomic mass is 35.5. The van der Waals surface area contributed by atoms with Gasteiger partial charge in [-0.2, -0.15) is 4.31 Å². The molecule has 3 heterocycles. The third kappa shape index (κ3) is 2.59. The molecule has 5 nitrogen and oxygen atoms in total. The van der Waals surface area contributed by atoms with Gasteiger partial charge in [-0.15, -0.1) is 11.3 Å². The number of thiophene rings is 1. The van der Waals surface area contributed by atoms with Crippen LogP contribution in [0.1, 0.15) is 19.3 Å². The van der Waals surface area contributed by atoms with Gasteiger partial charge in [0.15, 0.2) is 0 Å². The minimum absolute atomic E-state index is 0.0765. The van der Waals surface area contributed by atoms with Crippen LogP contribution in [0.3, 0.4) is 0 Å². The van der Waals surface area contributed by atoms with Crippen molar-refractivity contribution in [3.8, 4) is 0 Å². The van der Waals surface area contributed by atoms with Crippen LogP contribution in [0.5, 0.6) is 0 Å². The minimum Gasteiger partial charge on any atom is -0.353 e. The number of hydrogen-bond acceptors (Lipinski definition) is 4. The third-order valence-corrected chi connectivity index (χ3v) is 7.49. The zero-order valence-corrected chi connectivity index (χ0v) is 13.1. The van der Waals surface area contributed by atoms with Crippen LogP contribution < -0.4 is 5.32 Å². The fourth-order valence-electron chi connectivity index (χ4n) is 2.86. The number of amides is 1. The monoisotopic (exact) mass is 334 g/mol. The van der Waals surface area contributed by atoms with E-state index in [9.17, 15) is 13.2 Å². The van der Waals surface area contributed by atoms with Crippen molar-refractivity contribution >= 4 is 38.9 Å². The van der Waals surface area contributed by atoms with Crippen molar-refractivity contribution in [1.29, 1.82) is 0 Å². The molecular formula is C12H15ClN2O3S2. The van der Waals surface area contributed by atoms with Crippen LogP contribution >= 0.6 is 22.9 Å². The molecule has 2 saturated heterocycles. The largest absolute Gasteiger partial charge is 0.353 e. The summed E-state index contributed by atoms with van der Waals surface area (Å²) in [4.78, 5) is 11.4. The minimum atomic E-state index is -3.45. The molecule has 0 bridgehead atoms. The normalized spacial score (nSPS) is 27.9. The van der Waals surface area contributed by atoms with Gasteiger partial charge in [-0.25, -0.2) is 8.42 Å². The molecule has 110 valence electrons. The second-order valence-corrected chi connectivity index (χ2v) is 9.06. The molecule has 2 atom stereocenters. The maximum Gasteiger partial charge on any atom is 0.252 e. The van der Waals surface area contributed by atoms with Gasteiger partial charge in [-0.1, -0.05) is 11.6 Å². The Balaban J connectivity index is 1.77. The first kappa shape index (κ1) is 14.3. The molecule has 8 heteroatoms. The maximum absolute atomic E-state index is 12.5. The molecule has 0 saturated carbocycles. The van der Waals surface area contributed by atoms with Gasteiger partial charge in [0, 0.05) is 25.6 Å². The second kappa shape index (κ2) is 5.29. The van der Waals surface area contributed by atoms with Crippen molar-refractivity contribution in [2.75, 3.05) is 13.1 Å². The van der Waals surface area contributed by atoms with Gasteiger partial charge in [0.1, 0.15) is 4.21 Å². The van der Waals surface area contributed by atoms with Gasteiger partial charge in [0.25, 0.3) is 10.0 Å². The molecule has 2 unspecified atom stereocenters. The van der Waals surface area contributed by atoms with E-state index in [0.717, 1.165) is 17.8 Å². The van der Waals surface area contributed by atoms with Crippen LogP contribution in [0.15, 0.2) is 16.3 Å². The van der Waals surface area contributed by atoms with Crippen LogP contribution in [-0.2, 0) is 14.8 Å².